The fourth-order valence-corrected chi connectivity index (χ4v) is 3.71. The van der Waals surface area contributed by atoms with Gasteiger partial charge in [-0.1, -0.05) is 6.42 Å². The van der Waals surface area contributed by atoms with Gasteiger partial charge in [0.2, 0.25) is 5.91 Å². The second-order valence-corrected chi connectivity index (χ2v) is 7.15. The van der Waals surface area contributed by atoms with Crippen LogP contribution in [-0.4, -0.2) is 42.5 Å². The van der Waals surface area contributed by atoms with Crippen LogP contribution in [-0.2, 0) is 4.79 Å². The molecule has 1 saturated heterocycles. The second-order valence-electron chi connectivity index (χ2n) is 7.15. The van der Waals surface area contributed by atoms with Crippen LogP contribution >= 0.6 is 24.8 Å². The molecule has 0 bridgehead atoms. The van der Waals surface area contributed by atoms with E-state index in [1.165, 1.54) is 19.4 Å². The third kappa shape index (κ3) is 5.88. The summed E-state index contributed by atoms with van der Waals surface area (Å²) < 4.78 is 0. The maximum atomic E-state index is 12.3. The number of halogens is 2. The lowest BCUT2D eigenvalue weighted by atomic mass is 9.85. The van der Waals surface area contributed by atoms with Gasteiger partial charge >= 0.3 is 0 Å². The molecular formula is C16H31Cl2N3O. The first-order valence-electron chi connectivity index (χ1n) is 8.49. The maximum absolute atomic E-state index is 12.3. The summed E-state index contributed by atoms with van der Waals surface area (Å²) in [6.45, 7) is 3.61. The Morgan fingerprint density at radius 1 is 1.05 bits per heavy atom. The van der Waals surface area contributed by atoms with Crippen LogP contribution in [0.1, 0.15) is 51.4 Å². The first kappa shape index (κ1) is 20.0. The van der Waals surface area contributed by atoms with E-state index in [4.69, 9.17) is 5.73 Å². The molecule has 2 aliphatic carbocycles. The molecule has 1 aliphatic heterocycles. The third-order valence-electron chi connectivity index (χ3n) is 5.23. The maximum Gasteiger partial charge on any atom is 0.223 e. The van der Waals surface area contributed by atoms with E-state index < -0.39 is 0 Å². The van der Waals surface area contributed by atoms with E-state index in [0.717, 1.165) is 57.5 Å². The smallest absolute Gasteiger partial charge is 0.223 e. The predicted molar refractivity (Wildman–Crippen MR) is 94.8 cm³/mol. The first-order valence-corrected chi connectivity index (χ1v) is 8.49. The minimum atomic E-state index is 0. The van der Waals surface area contributed by atoms with Crippen molar-refractivity contribution in [3.63, 3.8) is 0 Å². The Morgan fingerprint density at radius 3 is 2.32 bits per heavy atom. The number of carbonyl (C=O) groups excluding carboxylic acids is 1. The fourth-order valence-electron chi connectivity index (χ4n) is 3.71. The molecule has 0 radical (unpaired) electrons. The lowest BCUT2D eigenvalue weighted by Crippen LogP contribution is -2.47. The zero-order chi connectivity index (χ0) is 13.9. The average molecular weight is 352 g/mol. The normalized spacial score (nSPS) is 30.0. The lowest BCUT2D eigenvalue weighted by Gasteiger charge is -2.34. The molecule has 0 aromatic carbocycles. The van der Waals surface area contributed by atoms with E-state index in [0.29, 0.717) is 6.04 Å². The summed E-state index contributed by atoms with van der Waals surface area (Å²) in [5.74, 6) is 1.41. The Kier molecular flexibility index (Phi) is 8.47. The Hall–Kier alpha value is -0.0300. The molecule has 2 atom stereocenters. The molecule has 3 fully saturated rings. The Morgan fingerprint density at radius 2 is 1.73 bits per heavy atom. The molecule has 3 rings (SSSR count). The van der Waals surface area contributed by atoms with Crippen LogP contribution in [0.2, 0.25) is 0 Å². The summed E-state index contributed by atoms with van der Waals surface area (Å²) in [5.41, 5.74) is 5.98. The van der Waals surface area contributed by atoms with Crippen molar-refractivity contribution < 1.29 is 4.79 Å². The molecular weight excluding hydrogens is 321 g/mol. The fraction of sp³-hybridized carbons (Fsp3) is 0.938. The summed E-state index contributed by atoms with van der Waals surface area (Å²) in [6.07, 6.45) is 9.21. The molecule has 1 heterocycles. The number of likely N-dealkylation sites (tertiary alicyclic amines) is 1. The van der Waals surface area contributed by atoms with Crippen LogP contribution in [0.4, 0.5) is 0 Å². The SMILES string of the molecule is Cl.Cl.NC1CCCC(C(=O)NC2CCN(CC3CC3)CC2)C1. The Labute approximate surface area is 146 Å². The number of hydrogen-bond donors (Lipinski definition) is 2. The number of nitrogens with one attached hydrogen (secondary N) is 1. The van der Waals surface area contributed by atoms with Crippen molar-refractivity contribution in [2.24, 2.45) is 17.6 Å². The molecule has 0 aromatic rings. The highest BCUT2D eigenvalue weighted by molar-refractivity contribution is 5.85. The van der Waals surface area contributed by atoms with Crippen molar-refractivity contribution in [1.29, 1.82) is 0 Å². The molecule has 2 unspecified atom stereocenters. The quantitative estimate of drug-likeness (QED) is 0.817. The lowest BCUT2D eigenvalue weighted by molar-refractivity contribution is -0.127. The monoisotopic (exact) mass is 351 g/mol. The molecule has 22 heavy (non-hydrogen) atoms. The molecule has 0 aromatic heterocycles. The molecule has 0 spiro atoms. The van der Waals surface area contributed by atoms with Gasteiger partial charge in [-0.25, -0.2) is 0 Å². The van der Waals surface area contributed by atoms with Crippen LogP contribution in [0.5, 0.6) is 0 Å². The van der Waals surface area contributed by atoms with Crippen molar-refractivity contribution in [3.05, 3.63) is 0 Å². The van der Waals surface area contributed by atoms with Gasteiger partial charge in [-0.2, -0.15) is 0 Å². The highest BCUT2D eigenvalue weighted by atomic mass is 35.5. The Balaban J connectivity index is 0.00000121. The molecule has 2 saturated carbocycles. The number of hydrogen-bond acceptors (Lipinski definition) is 3. The van der Waals surface area contributed by atoms with Crippen molar-refractivity contribution >= 4 is 30.7 Å². The van der Waals surface area contributed by atoms with Gasteiger partial charge in [0, 0.05) is 37.6 Å². The molecule has 4 nitrogen and oxygen atoms in total. The van der Waals surface area contributed by atoms with Gasteiger partial charge in [0.15, 0.2) is 0 Å². The van der Waals surface area contributed by atoms with E-state index >= 15 is 0 Å². The van der Waals surface area contributed by atoms with E-state index in [1.54, 1.807) is 0 Å². The largest absolute Gasteiger partial charge is 0.353 e. The van der Waals surface area contributed by atoms with Gasteiger partial charge < -0.3 is 16.0 Å². The predicted octanol–water partition coefficient (Wildman–Crippen LogP) is 2.34. The topological polar surface area (TPSA) is 58.4 Å². The summed E-state index contributed by atoms with van der Waals surface area (Å²) in [4.78, 5) is 14.9. The summed E-state index contributed by atoms with van der Waals surface area (Å²) in [6, 6.07) is 0.635. The van der Waals surface area contributed by atoms with Crippen molar-refractivity contribution in [2.75, 3.05) is 19.6 Å². The number of carbonyl (C=O) groups is 1. The molecule has 3 aliphatic rings. The van der Waals surface area contributed by atoms with E-state index in [1.807, 2.05) is 0 Å². The van der Waals surface area contributed by atoms with Gasteiger partial charge in [-0.05, 0) is 50.9 Å². The highest BCUT2D eigenvalue weighted by Gasteiger charge is 2.30. The number of piperidine rings is 1. The number of rotatable bonds is 4. The third-order valence-corrected chi connectivity index (χ3v) is 5.23. The number of nitrogens with zero attached hydrogens (tertiary/aromatic N) is 1. The molecule has 6 heteroatoms. The summed E-state index contributed by atoms with van der Waals surface area (Å²) >= 11 is 0. The second kappa shape index (κ2) is 9.31. The zero-order valence-corrected chi connectivity index (χ0v) is 15.0. The van der Waals surface area contributed by atoms with Crippen molar-refractivity contribution in [1.82, 2.24) is 10.2 Å². The Bertz CT molecular complexity index is 344. The van der Waals surface area contributed by atoms with Crippen LogP contribution in [0.3, 0.4) is 0 Å². The zero-order valence-electron chi connectivity index (χ0n) is 13.3. The van der Waals surface area contributed by atoms with Gasteiger partial charge in [-0.3, -0.25) is 4.79 Å². The van der Waals surface area contributed by atoms with E-state index in [-0.39, 0.29) is 42.7 Å². The minimum absolute atomic E-state index is 0. The summed E-state index contributed by atoms with van der Waals surface area (Å²) in [5, 5.41) is 3.28. The van der Waals surface area contributed by atoms with Crippen LogP contribution in [0.25, 0.3) is 0 Å². The molecule has 1 amide bonds. The van der Waals surface area contributed by atoms with Gasteiger partial charge in [0.1, 0.15) is 0 Å². The molecule has 3 N–H and O–H groups in total. The van der Waals surface area contributed by atoms with Crippen molar-refractivity contribution in [2.45, 2.75) is 63.5 Å². The van der Waals surface area contributed by atoms with Gasteiger partial charge in [-0.15, -0.1) is 24.8 Å². The van der Waals surface area contributed by atoms with Crippen molar-refractivity contribution in [3.8, 4) is 0 Å². The first-order chi connectivity index (χ1) is 9.70. The van der Waals surface area contributed by atoms with E-state index in [9.17, 15) is 4.79 Å². The van der Waals surface area contributed by atoms with Gasteiger partial charge in [0.25, 0.3) is 0 Å². The van der Waals surface area contributed by atoms with Gasteiger partial charge in [0.05, 0.1) is 0 Å². The highest BCUT2D eigenvalue weighted by Crippen LogP contribution is 2.30. The van der Waals surface area contributed by atoms with Crippen LogP contribution in [0, 0.1) is 11.8 Å². The van der Waals surface area contributed by atoms with E-state index in [2.05, 4.69) is 10.2 Å². The van der Waals surface area contributed by atoms with Crippen LogP contribution in [0.15, 0.2) is 0 Å². The molecule has 130 valence electrons. The standard InChI is InChI=1S/C16H29N3O.2ClH/c17-14-3-1-2-13(10-14)16(20)18-15-6-8-19(9-7-15)11-12-4-5-12;;/h12-15H,1-11,17H2,(H,18,20);2*1H. The van der Waals surface area contributed by atoms with Crippen LogP contribution < -0.4 is 11.1 Å². The number of amides is 1. The number of nitrogens with two attached hydrogens (primary N) is 1. The average Bonchev–Trinajstić information content (AvgIpc) is 3.25. The minimum Gasteiger partial charge on any atom is -0.353 e. The summed E-state index contributed by atoms with van der Waals surface area (Å²) in [7, 11) is 0.